The molecule has 0 amide bonds. The van der Waals surface area contributed by atoms with Crippen LogP contribution in [0.5, 0.6) is 0 Å². The van der Waals surface area contributed by atoms with Gasteiger partial charge in [0.1, 0.15) is 5.82 Å². The van der Waals surface area contributed by atoms with Crippen LogP contribution in [0.3, 0.4) is 0 Å². The first-order valence-electron chi connectivity index (χ1n) is 4.67. The maximum absolute atomic E-state index is 13.8. The molecule has 1 aromatic heterocycles. The number of hydrogen-bond acceptors (Lipinski definition) is 3. The van der Waals surface area contributed by atoms with Crippen molar-refractivity contribution in [2.75, 3.05) is 0 Å². The van der Waals surface area contributed by atoms with Crippen molar-refractivity contribution in [2.24, 2.45) is 5.84 Å². The maximum Gasteiger partial charge on any atom is 0.146 e. The van der Waals surface area contributed by atoms with Crippen LogP contribution in [0.2, 0.25) is 5.02 Å². The molecule has 0 spiro atoms. The molecule has 0 radical (unpaired) electrons. The van der Waals surface area contributed by atoms with Gasteiger partial charge in [-0.15, -0.1) is 11.3 Å². The average molecular weight is 257 g/mol. The van der Waals surface area contributed by atoms with E-state index in [0.717, 1.165) is 4.88 Å². The molecule has 0 aliphatic carbocycles. The second-order valence-electron chi connectivity index (χ2n) is 3.26. The van der Waals surface area contributed by atoms with Crippen molar-refractivity contribution in [3.05, 3.63) is 57.0 Å². The second kappa shape index (κ2) is 4.93. The van der Waals surface area contributed by atoms with Gasteiger partial charge in [0.05, 0.1) is 11.1 Å². The minimum Gasteiger partial charge on any atom is -0.271 e. The van der Waals surface area contributed by atoms with Gasteiger partial charge >= 0.3 is 0 Å². The van der Waals surface area contributed by atoms with E-state index in [1.54, 1.807) is 12.1 Å². The van der Waals surface area contributed by atoms with Crippen LogP contribution in [0.25, 0.3) is 0 Å². The Morgan fingerprint density at radius 3 is 2.75 bits per heavy atom. The van der Waals surface area contributed by atoms with Crippen LogP contribution in [0.4, 0.5) is 4.39 Å². The Hall–Kier alpha value is -0.940. The van der Waals surface area contributed by atoms with Crippen LogP contribution in [0, 0.1) is 5.82 Å². The monoisotopic (exact) mass is 256 g/mol. The molecule has 0 aliphatic rings. The van der Waals surface area contributed by atoms with E-state index in [1.165, 1.54) is 17.4 Å². The summed E-state index contributed by atoms with van der Waals surface area (Å²) in [4.78, 5) is 0.948. The molecule has 5 heteroatoms. The maximum atomic E-state index is 13.8. The summed E-state index contributed by atoms with van der Waals surface area (Å²) < 4.78 is 13.8. The van der Waals surface area contributed by atoms with Crippen molar-refractivity contribution in [3.63, 3.8) is 0 Å². The number of nitrogens with two attached hydrogens (primary N) is 1. The van der Waals surface area contributed by atoms with Crippen LogP contribution < -0.4 is 11.3 Å². The third-order valence-electron chi connectivity index (χ3n) is 2.29. The smallest absolute Gasteiger partial charge is 0.146 e. The molecular formula is C11H10ClFN2S. The summed E-state index contributed by atoms with van der Waals surface area (Å²) in [7, 11) is 0. The number of hydrogen-bond donors (Lipinski definition) is 2. The molecule has 1 atom stereocenters. The van der Waals surface area contributed by atoms with E-state index in [9.17, 15) is 4.39 Å². The molecule has 1 aromatic carbocycles. The van der Waals surface area contributed by atoms with Crippen molar-refractivity contribution < 1.29 is 4.39 Å². The molecule has 2 aromatic rings. The van der Waals surface area contributed by atoms with Crippen LogP contribution in [-0.2, 0) is 0 Å². The normalized spacial score (nSPS) is 12.7. The number of hydrazine groups is 1. The highest BCUT2D eigenvalue weighted by Crippen LogP contribution is 2.29. The van der Waals surface area contributed by atoms with Crippen molar-refractivity contribution in [1.29, 1.82) is 0 Å². The Morgan fingerprint density at radius 2 is 2.12 bits per heavy atom. The summed E-state index contributed by atoms with van der Waals surface area (Å²) in [6.07, 6.45) is 0. The van der Waals surface area contributed by atoms with Gasteiger partial charge in [0.15, 0.2) is 0 Å². The zero-order chi connectivity index (χ0) is 11.5. The molecule has 2 rings (SSSR count). The lowest BCUT2D eigenvalue weighted by atomic mass is 10.1. The first-order valence-corrected chi connectivity index (χ1v) is 5.93. The van der Waals surface area contributed by atoms with Crippen molar-refractivity contribution in [2.45, 2.75) is 6.04 Å². The molecule has 0 bridgehead atoms. The summed E-state index contributed by atoms with van der Waals surface area (Å²) in [6, 6.07) is 8.33. The van der Waals surface area contributed by atoms with Gasteiger partial charge in [-0.05, 0) is 17.5 Å². The fourth-order valence-corrected chi connectivity index (χ4v) is 2.51. The van der Waals surface area contributed by atoms with Crippen molar-refractivity contribution in [1.82, 2.24) is 5.43 Å². The van der Waals surface area contributed by atoms with E-state index < -0.39 is 5.82 Å². The summed E-state index contributed by atoms with van der Waals surface area (Å²) in [6.45, 7) is 0. The second-order valence-corrected chi connectivity index (χ2v) is 4.64. The lowest BCUT2D eigenvalue weighted by Crippen LogP contribution is -2.28. The number of halogens is 2. The van der Waals surface area contributed by atoms with Crippen LogP contribution in [0.1, 0.15) is 16.5 Å². The molecule has 1 unspecified atom stereocenters. The van der Waals surface area contributed by atoms with Crippen molar-refractivity contribution >= 4 is 22.9 Å². The Bertz CT molecular complexity index is 473. The summed E-state index contributed by atoms with van der Waals surface area (Å²) >= 11 is 7.25. The standard InChI is InChI=1S/C11H10ClFN2S/c12-8-4-1-3-7(10(8)13)11(15-14)9-5-2-6-16-9/h1-6,11,15H,14H2. The highest BCUT2D eigenvalue weighted by molar-refractivity contribution is 7.10. The zero-order valence-corrected chi connectivity index (χ0v) is 9.86. The molecule has 0 fully saturated rings. The predicted molar refractivity (Wildman–Crippen MR) is 64.9 cm³/mol. The van der Waals surface area contributed by atoms with E-state index in [2.05, 4.69) is 5.43 Å². The molecule has 0 saturated heterocycles. The Kier molecular flexibility index (Phi) is 3.56. The third kappa shape index (κ3) is 2.10. The van der Waals surface area contributed by atoms with Crippen LogP contribution >= 0.6 is 22.9 Å². The lowest BCUT2D eigenvalue weighted by molar-refractivity contribution is 0.564. The highest BCUT2D eigenvalue weighted by Gasteiger charge is 2.18. The largest absolute Gasteiger partial charge is 0.271 e. The molecule has 1 heterocycles. The van der Waals surface area contributed by atoms with E-state index in [4.69, 9.17) is 17.4 Å². The first kappa shape index (κ1) is 11.5. The van der Waals surface area contributed by atoms with E-state index >= 15 is 0 Å². The SMILES string of the molecule is NNC(c1cccs1)c1cccc(Cl)c1F. The number of nitrogens with one attached hydrogen (secondary N) is 1. The predicted octanol–water partition coefficient (Wildman–Crippen LogP) is 3.09. The van der Waals surface area contributed by atoms with Crippen LogP contribution in [-0.4, -0.2) is 0 Å². The minimum absolute atomic E-state index is 0.106. The van der Waals surface area contributed by atoms with E-state index in [0.29, 0.717) is 5.56 Å². The molecule has 3 N–H and O–H groups in total. The van der Waals surface area contributed by atoms with Crippen molar-refractivity contribution in [3.8, 4) is 0 Å². The first-order chi connectivity index (χ1) is 7.74. The van der Waals surface area contributed by atoms with Crippen LogP contribution in [0.15, 0.2) is 35.7 Å². The summed E-state index contributed by atoms with van der Waals surface area (Å²) in [5.41, 5.74) is 3.06. The molecular weight excluding hydrogens is 247 g/mol. The fourth-order valence-electron chi connectivity index (χ4n) is 1.52. The molecule has 2 nitrogen and oxygen atoms in total. The quantitative estimate of drug-likeness (QED) is 0.654. The topological polar surface area (TPSA) is 38.0 Å². The lowest BCUT2D eigenvalue weighted by Gasteiger charge is -2.15. The van der Waals surface area contributed by atoms with E-state index in [-0.39, 0.29) is 11.1 Å². The number of benzene rings is 1. The Morgan fingerprint density at radius 1 is 1.31 bits per heavy atom. The Balaban J connectivity index is 2.45. The zero-order valence-electron chi connectivity index (χ0n) is 8.28. The van der Waals surface area contributed by atoms with Gasteiger partial charge in [0, 0.05) is 10.4 Å². The van der Waals surface area contributed by atoms with Gasteiger partial charge in [-0.2, -0.15) is 0 Å². The van der Waals surface area contributed by atoms with Gasteiger partial charge in [-0.3, -0.25) is 5.84 Å². The number of rotatable bonds is 3. The summed E-state index contributed by atoms with van der Waals surface area (Å²) in [5, 5.41) is 2.02. The molecule has 0 aliphatic heterocycles. The van der Waals surface area contributed by atoms with E-state index in [1.807, 2.05) is 17.5 Å². The minimum atomic E-state index is -0.430. The third-order valence-corrected chi connectivity index (χ3v) is 3.52. The fraction of sp³-hybridized carbons (Fsp3) is 0.0909. The molecule has 84 valence electrons. The highest BCUT2D eigenvalue weighted by atomic mass is 35.5. The van der Waals surface area contributed by atoms with Gasteiger partial charge in [-0.25, -0.2) is 9.82 Å². The number of thiophene rings is 1. The molecule has 16 heavy (non-hydrogen) atoms. The van der Waals surface area contributed by atoms with Gasteiger partial charge in [0.25, 0.3) is 0 Å². The Labute approximate surface area is 102 Å². The van der Waals surface area contributed by atoms with Gasteiger partial charge in [0.2, 0.25) is 0 Å². The molecule has 0 saturated carbocycles. The average Bonchev–Trinajstić information content (AvgIpc) is 2.79. The van der Waals surface area contributed by atoms with Gasteiger partial charge < -0.3 is 0 Å². The summed E-state index contributed by atoms with van der Waals surface area (Å²) in [5.74, 6) is 5.03. The van der Waals surface area contributed by atoms with Gasteiger partial charge in [-0.1, -0.05) is 29.8 Å².